The molecule has 5 nitrogen and oxygen atoms in total. The van der Waals surface area contributed by atoms with Gasteiger partial charge in [-0.2, -0.15) is 0 Å². The average Bonchev–Trinajstić information content (AvgIpc) is 3.11. The fraction of sp³-hybridized carbons (Fsp3) is 0.154. The summed E-state index contributed by atoms with van der Waals surface area (Å²) in [6.45, 7) is 0.128. The molecule has 0 aromatic heterocycles. The Labute approximate surface area is 180 Å². The Balaban J connectivity index is 1.42. The molecule has 31 heavy (non-hydrogen) atoms. The van der Waals surface area contributed by atoms with Crippen LogP contribution in [0, 0.1) is 12.3 Å². The quantitative estimate of drug-likeness (QED) is 0.596. The maximum atomic E-state index is 12.4. The first-order valence-electron chi connectivity index (χ1n) is 9.96. The van der Waals surface area contributed by atoms with Crippen LogP contribution in [0.1, 0.15) is 28.2 Å². The van der Waals surface area contributed by atoms with Crippen molar-refractivity contribution in [3.8, 4) is 23.5 Å². The lowest BCUT2D eigenvalue weighted by Gasteiger charge is -2.17. The number of ether oxygens (including phenoxy) is 1. The van der Waals surface area contributed by atoms with Crippen LogP contribution in [0.25, 0.3) is 11.1 Å². The molecule has 0 saturated carbocycles. The standard InChI is InChI=1S/C26H21NO4/c1-2-17-11-13-18(14-12-17)15-24(25(28)29)27-26(30)31-16-23-21-9-5-3-7-19(21)20-8-4-6-10-22(20)23/h1,3-14,23-24H,15-16H2,(H,27,30)(H,28,29)/t24-/m1/s1. The minimum Gasteiger partial charge on any atom is -0.480 e. The normalized spacial score (nSPS) is 12.9. The molecule has 3 aromatic rings. The number of fused-ring (bicyclic) bond motifs is 3. The van der Waals surface area contributed by atoms with Gasteiger partial charge in [0, 0.05) is 17.9 Å². The highest BCUT2D eigenvalue weighted by Crippen LogP contribution is 2.44. The van der Waals surface area contributed by atoms with Crippen LogP contribution >= 0.6 is 0 Å². The van der Waals surface area contributed by atoms with Crippen molar-refractivity contribution in [2.75, 3.05) is 6.61 Å². The predicted molar refractivity (Wildman–Crippen MR) is 118 cm³/mol. The molecule has 0 radical (unpaired) electrons. The zero-order chi connectivity index (χ0) is 21.8. The summed E-state index contributed by atoms with van der Waals surface area (Å²) in [4.78, 5) is 24.1. The van der Waals surface area contributed by atoms with Gasteiger partial charge in [0.15, 0.2) is 0 Å². The van der Waals surface area contributed by atoms with Crippen LogP contribution in [0.3, 0.4) is 0 Å². The van der Waals surface area contributed by atoms with Crippen molar-refractivity contribution in [3.63, 3.8) is 0 Å². The molecular weight excluding hydrogens is 390 g/mol. The fourth-order valence-electron chi connectivity index (χ4n) is 3.96. The van der Waals surface area contributed by atoms with Gasteiger partial charge in [-0.15, -0.1) is 6.42 Å². The predicted octanol–water partition coefficient (Wildman–Crippen LogP) is 4.20. The van der Waals surface area contributed by atoms with Gasteiger partial charge in [0.2, 0.25) is 0 Å². The number of aliphatic carboxylic acids is 1. The zero-order valence-electron chi connectivity index (χ0n) is 16.7. The first-order chi connectivity index (χ1) is 15.1. The molecule has 2 N–H and O–H groups in total. The Morgan fingerprint density at radius 3 is 2.10 bits per heavy atom. The highest BCUT2D eigenvalue weighted by atomic mass is 16.5. The van der Waals surface area contributed by atoms with Gasteiger partial charge in [-0.05, 0) is 39.9 Å². The summed E-state index contributed by atoms with van der Waals surface area (Å²) >= 11 is 0. The van der Waals surface area contributed by atoms with E-state index in [4.69, 9.17) is 11.2 Å². The molecule has 0 bridgehead atoms. The summed E-state index contributed by atoms with van der Waals surface area (Å²) < 4.78 is 5.45. The number of carbonyl (C=O) groups is 2. The molecule has 154 valence electrons. The fourth-order valence-corrected chi connectivity index (χ4v) is 3.96. The zero-order valence-corrected chi connectivity index (χ0v) is 16.7. The number of rotatable bonds is 6. The monoisotopic (exact) mass is 411 g/mol. The van der Waals surface area contributed by atoms with E-state index < -0.39 is 18.1 Å². The maximum absolute atomic E-state index is 12.4. The summed E-state index contributed by atoms with van der Waals surface area (Å²) in [5.74, 6) is 1.30. The highest BCUT2D eigenvalue weighted by molar-refractivity contribution is 5.81. The largest absolute Gasteiger partial charge is 0.480 e. The number of terminal acetylenes is 1. The molecule has 0 saturated heterocycles. The molecule has 1 amide bonds. The minimum absolute atomic E-state index is 0.0854. The van der Waals surface area contributed by atoms with Crippen LogP contribution in [-0.2, 0) is 16.0 Å². The Morgan fingerprint density at radius 1 is 0.968 bits per heavy atom. The minimum atomic E-state index is -1.13. The van der Waals surface area contributed by atoms with Crippen molar-refractivity contribution >= 4 is 12.1 Å². The van der Waals surface area contributed by atoms with Crippen LogP contribution < -0.4 is 5.32 Å². The van der Waals surface area contributed by atoms with Gasteiger partial charge >= 0.3 is 12.1 Å². The van der Waals surface area contributed by atoms with Gasteiger partial charge in [0.1, 0.15) is 12.6 Å². The summed E-state index contributed by atoms with van der Waals surface area (Å²) in [6.07, 6.45) is 4.72. The maximum Gasteiger partial charge on any atom is 0.407 e. The van der Waals surface area contributed by atoms with E-state index in [-0.39, 0.29) is 18.9 Å². The number of alkyl carbamates (subject to hydrolysis) is 1. The lowest BCUT2D eigenvalue weighted by Crippen LogP contribution is -2.42. The first-order valence-corrected chi connectivity index (χ1v) is 9.96. The van der Waals surface area contributed by atoms with Crippen LogP contribution in [0.15, 0.2) is 72.8 Å². The number of nitrogens with one attached hydrogen (secondary N) is 1. The van der Waals surface area contributed by atoms with Crippen molar-refractivity contribution in [1.29, 1.82) is 0 Å². The summed E-state index contributed by atoms with van der Waals surface area (Å²) in [6, 6.07) is 21.9. The molecule has 1 aliphatic rings. The topological polar surface area (TPSA) is 75.6 Å². The van der Waals surface area contributed by atoms with E-state index >= 15 is 0 Å². The Kier molecular flexibility index (Phi) is 5.72. The lowest BCUT2D eigenvalue weighted by atomic mass is 9.98. The molecular formula is C26H21NO4. The summed E-state index contributed by atoms with van der Waals surface area (Å²) in [5, 5.41) is 12.0. The van der Waals surface area contributed by atoms with Crippen molar-refractivity contribution in [3.05, 3.63) is 95.1 Å². The Morgan fingerprint density at radius 2 is 1.55 bits per heavy atom. The van der Waals surface area contributed by atoms with Gasteiger partial charge in [-0.3, -0.25) is 0 Å². The number of benzene rings is 3. The Hall–Kier alpha value is -4.04. The van der Waals surface area contributed by atoms with Crippen LogP contribution in [0.4, 0.5) is 4.79 Å². The molecule has 0 heterocycles. The number of carboxylic acid groups (broad SMARTS) is 1. The van der Waals surface area contributed by atoms with E-state index in [9.17, 15) is 14.7 Å². The van der Waals surface area contributed by atoms with E-state index in [1.807, 2.05) is 36.4 Å². The number of hydrogen-bond donors (Lipinski definition) is 2. The number of hydrogen-bond acceptors (Lipinski definition) is 3. The molecule has 1 atom stereocenters. The molecule has 0 unspecified atom stereocenters. The van der Waals surface area contributed by atoms with Crippen molar-refractivity contribution < 1.29 is 19.4 Å². The number of carboxylic acids is 1. The molecule has 4 rings (SSSR count). The molecule has 0 aliphatic heterocycles. The van der Waals surface area contributed by atoms with E-state index in [0.717, 1.165) is 27.8 Å². The molecule has 0 fully saturated rings. The number of carbonyl (C=O) groups excluding carboxylic acids is 1. The van der Waals surface area contributed by atoms with Gasteiger partial charge < -0.3 is 15.2 Å². The SMILES string of the molecule is C#Cc1ccc(C[C@@H](NC(=O)OCC2c3ccccc3-c3ccccc32)C(=O)O)cc1. The Bertz CT molecular complexity index is 1120. The van der Waals surface area contributed by atoms with Gasteiger partial charge in [0.05, 0.1) is 0 Å². The van der Waals surface area contributed by atoms with Gasteiger partial charge in [0.25, 0.3) is 0 Å². The van der Waals surface area contributed by atoms with Crippen molar-refractivity contribution in [2.24, 2.45) is 0 Å². The van der Waals surface area contributed by atoms with Crippen LogP contribution in [0.5, 0.6) is 0 Å². The number of amides is 1. The van der Waals surface area contributed by atoms with Crippen molar-refractivity contribution in [1.82, 2.24) is 5.32 Å². The second-order valence-electron chi connectivity index (χ2n) is 7.41. The highest BCUT2D eigenvalue weighted by Gasteiger charge is 2.29. The van der Waals surface area contributed by atoms with Gasteiger partial charge in [-0.1, -0.05) is 66.6 Å². The lowest BCUT2D eigenvalue weighted by molar-refractivity contribution is -0.139. The second kappa shape index (κ2) is 8.76. The third-order valence-electron chi connectivity index (χ3n) is 5.49. The summed E-state index contributed by atoms with van der Waals surface area (Å²) in [5.41, 5.74) is 5.92. The average molecular weight is 411 g/mol. The van der Waals surface area contributed by atoms with E-state index in [1.54, 1.807) is 24.3 Å². The van der Waals surface area contributed by atoms with Crippen molar-refractivity contribution in [2.45, 2.75) is 18.4 Å². The van der Waals surface area contributed by atoms with E-state index in [1.165, 1.54) is 0 Å². The first kappa shape index (κ1) is 20.2. The summed E-state index contributed by atoms with van der Waals surface area (Å²) in [7, 11) is 0. The smallest absolute Gasteiger partial charge is 0.407 e. The molecule has 0 spiro atoms. The third kappa shape index (κ3) is 4.29. The van der Waals surface area contributed by atoms with E-state index in [0.29, 0.717) is 5.56 Å². The second-order valence-corrected chi connectivity index (χ2v) is 7.41. The molecule has 3 aromatic carbocycles. The molecule has 1 aliphatic carbocycles. The van der Waals surface area contributed by atoms with Crippen LogP contribution in [0.2, 0.25) is 0 Å². The third-order valence-corrected chi connectivity index (χ3v) is 5.49. The van der Waals surface area contributed by atoms with Crippen LogP contribution in [-0.4, -0.2) is 29.8 Å². The van der Waals surface area contributed by atoms with E-state index in [2.05, 4.69) is 23.4 Å². The van der Waals surface area contributed by atoms with Gasteiger partial charge in [-0.25, -0.2) is 9.59 Å². The molecule has 5 heteroatoms.